The van der Waals surface area contributed by atoms with E-state index in [-0.39, 0.29) is 11.5 Å². The van der Waals surface area contributed by atoms with Gasteiger partial charge in [0.1, 0.15) is 0 Å². The summed E-state index contributed by atoms with van der Waals surface area (Å²) in [4.78, 5) is 11.0. The van der Waals surface area contributed by atoms with E-state index < -0.39 is 5.97 Å². The molecule has 0 unspecified atom stereocenters. The van der Waals surface area contributed by atoms with Crippen molar-refractivity contribution in [1.82, 2.24) is 0 Å². The van der Waals surface area contributed by atoms with E-state index in [1.807, 2.05) is 26.8 Å². The van der Waals surface area contributed by atoms with Gasteiger partial charge in [-0.25, -0.2) is 4.79 Å². The number of carboxylic acid groups (broad SMARTS) is 1. The Bertz CT molecular complexity index is 366. The molecule has 0 fully saturated rings. The lowest BCUT2D eigenvalue weighted by Gasteiger charge is -2.28. The van der Waals surface area contributed by atoms with Crippen molar-refractivity contribution in [2.75, 3.05) is 0 Å². The molecular weight excluding hydrogens is 190 g/mol. The number of aromatic carboxylic acids is 1. The summed E-state index contributed by atoms with van der Waals surface area (Å²) in [6, 6.07) is 6.61. The number of hydrogen-bond donors (Lipinski definition) is 2. The van der Waals surface area contributed by atoms with Crippen LogP contribution in [0.15, 0.2) is 24.3 Å². The van der Waals surface area contributed by atoms with E-state index in [1.165, 1.54) is 0 Å². The van der Waals surface area contributed by atoms with E-state index in [9.17, 15) is 4.79 Å². The number of carbonyl (C=O) groups is 1. The minimum absolute atomic E-state index is 0.147. The van der Waals surface area contributed by atoms with Gasteiger partial charge >= 0.3 is 5.97 Å². The Hall–Kier alpha value is -1.35. The second-order valence-corrected chi connectivity index (χ2v) is 4.74. The molecule has 0 radical (unpaired) electrons. The summed E-state index contributed by atoms with van der Waals surface area (Å²) in [6.07, 6.45) is 0. The summed E-state index contributed by atoms with van der Waals surface area (Å²) in [6.45, 7) is 5.99. The molecule has 82 valence electrons. The van der Waals surface area contributed by atoms with Crippen molar-refractivity contribution < 1.29 is 9.90 Å². The highest BCUT2D eigenvalue weighted by Crippen LogP contribution is 2.32. The fourth-order valence-corrected chi connectivity index (χ4v) is 1.43. The van der Waals surface area contributed by atoms with Crippen LogP contribution in [0.1, 0.15) is 42.7 Å². The summed E-state index contributed by atoms with van der Waals surface area (Å²) in [5.41, 5.74) is 6.88. The topological polar surface area (TPSA) is 63.3 Å². The summed E-state index contributed by atoms with van der Waals surface area (Å²) >= 11 is 0. The average molecular weight is 207 g/mol. The van der Waals surface area contributed by atoms with Gasteiger partial charge in [-0.1, -0.05) is 39.0 Å². The largest absolute Gasteiger partial charge is 0.478 e. The molecule has 3 N–H and O–H groups in total. The summed E-state index contributed by atoms with van der Waals surface area (Å²) < 4.78 is 0. The third-order valence-corrected chi connectivity index (χ3v) is 2.46. The van der Waals surface area contributed by atoms with E-state index in [0.29, 0.717) is 11.1 Å². The number of rotatable bonds is 2. The quantitative estimate of drug-likeness (QED) is 0.782. The molecular formula is C12H17NO2. The first kappa shape index (κ1) is 11.7. The second kappa shape index (κ2) is 4.03. The van der Waals surface area contributed by atoms with Crippen LogP contribution in [0.25, 0.3) is 0 Å². The van der Waals surface area contributed by atoms with Gasteiger partial charge in [-0.15, -0.1) is 0 Å². The zero-order valence-electron chi connectivity index (χ0n) is 9.32. The van der Waals surface area contributed by atoms with Crippen molar-refractivity contribution in [1.29, 1.82) is 0 Å². The average Bonchev–Trinajstić information content (AvgIpc) is 2.15. The summed E-state index contributed by atoms with van der Waals surface area (Å²) in [5.74, 6) is -0.926. The first-order valence-corrected chi connectivity index (χ1v) is 4.92. The normalized spacial score (nSPS) is 13.6. The zero-order valence-corrected chi connectivity index (χ0v) is 9.32. The lowest BCUT2D eigenvalue weighted by molar-refractivity contribution is 0.0694. The second-order valence-electron chi connectivity index (χ2n) is 4.74. The van der Waals surface area contributed by atoms with Crippen LogP contribution >= 0.6 is 0 Å². The van der Waals surface area contributed by atoms with E-state index in [1.54, 1.807) is 18.2 Å². The van der Waals surface area contributed by atoms with Crippen LogP contribution in [0.2, 0.25) is 0 Å². The molecule has 0 aliphatic rings. The fraction of sp³-hybridized carbons (Fsp3) is 0.417. The maximum absolute atomic E-state index is 11.0. The highest BCUT2D eigenvalue weighted by molar-refractivity contribution is 5.89. The molecule has 0 aliphatic carbocycles. The summed E-state index contributed by atoms with van der Waals surface area (Å²) in [5, 5.41) is 9.02. The molecule has 1 aromatic rings. The predicted octanol–water partition coefficient (Wildman–Crippen LogP) is 2.43. The van der Waals surface area contributed by atoms with E-state index >= 15 is 0 Å². The fourth-order valence-electron chi connectivity index (χ4n) is 1.43. The number of hydrogen-bond acceptors (Lipinski definition) is 2. The lowest BCUT2D eigenvalue weighted by atomic mass is 9.81. The Kier molecular flexibility index (Phi) is 3.15. The molecule has 1 atom stereocenters. The molecule has 1 rings (SSSR count). The van der Waals surface area contributed by atoms with Gasteiger partial charge in [-0.3, -0.25) is 0 Å². The Balaban J connectivity index is 3.19. The highest BCUT2D eigenvalue weighted by Gasteiger charge is 2.25. The van der Waals surface area contributed by atoms with Crippen molar-refractivity contribution >= 4 is 5.97 Å². The van der Waals surface area contributed by atoms with Crippen LogP contribution in [-0.4, -0.2) is 11.1 Å². The SMILES string of the molecule is CC(C)(C)[C@H](N)c1ccccc1C(=O)O. The van der Waals surface area contributed by atoms with Gasteiger partial charge < -0.3 is 10.8 Å². The predicted molar refractivity (Wildman–Crippen MR) is 59.8 cm³/mol. The minimum Gasteiger partial charge on any atom is -0.478 e. The van der Waals surface area contributed by atoms with Crippen LogP contribution in [0, 0.1) is 5.41 Å². The van der Waals surface area contributed by atoms with Crippen LogP contribution in [-0.2, 0) is 0 Å². The zero-order chi connectivity index (χ0) is 11.6. The standard InChI is InChI=1S/C12H17NO2/c1-12(2,3)10(13)8-6-4-5-7-9(8)11(14)15/h4-7,10H,13H2,1-3H3,(H,14,15)/t10-/m1/s1. The van der Waals surface area contributed by atoms with Gasteiger partial charge in [0.2, 0.25) is 0 Å². The lowest BCUT2D eigenvalue weighted by Crippen LogP contribution is -2.27. The van der Waals surface area contributed by atoms with Gasteiger partial charge in [0.05, 0.1) is 5.56 Å². The number of benzene rings is 1. The van der Waals surface area contributed by atoms with Crippen molar-refractivity contribution in [2.45, 2.75) is 26.8 Å². The smallest absolute Gasteiger partial charge is 0.336 e. The maximum Gasteiger partial charge on any atom is 0.336 e. The Morgan fingerprint density at radius 2 is 1.87 bits per heavy atom. The first-order valence-electron chi connectivity index (χ1n) is 4.92. The first-order chi connectivity index (χ1) is 6.84. The van der Waals surface area contributed by atoms with Crippen molar-refractivity contribution in [3.63, 3.8) is 0 Å². The number of nitrogens with two attached hydrogens (primary N) is 1. The molecule has 3 heteroatoms. The van der Waals surface area contributed by atoms with E-state index in [2.05, 4.69) is 0 Å². The Morgan fingerprint density at radius 1 is 1.33 bits per heavy atom. The molecule has 0 saturated carbocycles. The molecule has 0 spiro atoms. The molecule has 0 aromatic heterocycles. The molecule has 0 heterocycles. The highest BCUT2D eigenvalue weighted by atomic mass is 16.4. The minimum atomic E-state index is -0.926. The monoisotopic (exact) mass is 207 g/mol. The molecule has 3 nitrogen and oxygen atoms in total. The molecule has 1 aromatic carbocycles. The van der Waals surface area contributed by atoms with Crippen LogP contribution in [0.3, 0.4) is 0 Å². The third-order valence-electron chi connectivity index (χ3n) is 2.46. The third kappa shape index (κ3) is 2.57. The van der Waals surface area contributed by atoms with Crippen LogP contribution in [0.5, 0.6) is 0 Å². The van der Waals surface area contributed by atoms with Crippen LogP contribution < -0.4 is 5.73 Å². The molecule has 0 aliphatic heterocycles. The van der Waals surface area contributed by atoms with E-state index in [4.69, 9.17) is 10.8 Å². The molecule has 0 bridgehead atoms. The number of carboxylic acids is 1. The Morgan fingerprint density at radius 3 is 2.33 bits per heavy atom. The molecule has 0 amide bonds. The van der Waals surface area contributed by atoms with Crippen molar-refractivity contribution in [3.05, 3.63) is 35.4 Å². The summed E-state index contributed by atoms with van der Waals surface area (Å²) in [7, 11) is 0. The van der Waals surface area contributed by atoms with Gasteiger partial charge in [0.15, 0.2) is 0 Å². The van der Waals surface area contributed by atoms with Crippen LogP contribution in [0.4, 0.5) is 0 Å². The molecule has 15 heavy (non-hydrogen) atoms. The van der Waals surface area contributed by atoms with Gasteiger partial charge in [0.25, 0.3) is 0 Å². The van der Waals surface area contributed by atoms with Crippen molar-refractivity contribution in [3.8, 4) is 0 Å². The Labute approximate surface area is 89.9 Å². The van der Waals surface area contributed by atoms with Gasteiger partial charge in [-0.2, -0.15) is 0 Å². The van der Waals surface area contributed by atoms with E-state index in [0.717, 1.165) is 0 Å². The van der Waals surface area contributed by atoms with Crippen molar-refractivity contribution in [2.24, 2.45) is 11.1 Å². The maximum atomic E-state index is 11.0. The van der Waals surface area contributed by atoms with Gasteiger partial charge in [0, 0.05) is 6.04 Å². The molecule has 0 saturated heterocycles. The van der Waals surface area contributed by atoms with Gasteiger partial charge in [-0.05, 0) is 17.0 Å².